The van der Waals surface area contributed by atoms with Crippen LogP contribution in [-0.4, -0.2) is 6.61 Å². The molecule has 4 heteroatoms. The molecule has 15 heavy (non-hydrogen) atoms. The van der Waals surface area contributed by atoms with Crippen molar-refractivity contribution in [3.63, 3.8) is 0 Å². The molecule has 0 unspecified atom stereocenters. The summed E-state index contributed by atoms with van der Waals surface area (Å²) in [6.07, 6.45) is 2.16. The number of hydrogen-bond donors (Lipinski definition) is 0. The van der Waals surface area contributed by atoms with Crippen LogP contribution in [0.2, 0.25) is 15.1 Å². The van der Waals surface area contributed by atoms with Gasteiger partial charge in [0.1, 0.15) is 0 Å². The zero-order valence-electron chi connectivity index (χ0n) is 8.53. The van der Waals surface area contributed by atoms with Crippen molar-refractivity contribution in [1.82, 2.24) is 0 Å². The van der Waals surface area contributed by atoms with Gasteiger partial charge >= 0.3 is 0 Å². The van der Waals surface area contributed by atoms with Gasteiger partial charge in [0.15, 0.2) is 0 Å². The minimum absolute atomic E-state index is 0.439. The largest absolute Gasteiger partial charge is 0.377 e. The summed E-state index contributed by atoms with van der Waals surface area (Å²) in [4.78, 5) is 0. The lowest BCUT2D eigenvalue weighted by Gasteiger charge is -2.08. The molecule has 0 radical (unpaired) electrons. The van der Waals surface area contributed by atoms with Gasteiger partial charge in [0.25, 0.3) is 0 Å². The summed E-state index contributed by atoms with van der Waals surface area (Å²) in [5.41, 5.74) is 0.804. The summed E-state index contributed by atoms with van der Waals surface area (Å²) in [6, 6.07) is 3.35. The highest BCUT2D eigenvalue weighted by Gasteiger charge is 2.07. The third-order valence-corrected chi connectivity index (χ3v) is 2.89. The van der Waals surface area contributed by atoms with Gasteiger partial charge in [0, 0.05) is 27.2 Å². The molecular formula is C11H13Cl3O. The fraction of sp³-hybridized carbons (Fsp3) is 0.455. The van der Waals surface area contributed by atoms with Crippen molar-refractivity contribution in [2.45, 2.75) is 26.4 Å². The van der Waals surface area contributed by atoms with Crippen molar-refractivity contribution in [2.75, 3.05) is 6.61 Å². The maximum atomic E-state index is 6.00. The lowest BCUT2D eigenvalue weighted by molar-refractivity contribution is 0.118. The second kappa shape index (κ2) is 6.59. The Balaban J connectivity index is 2.60. The molecule has 0 aliphatic carbocycles. The second-order valence-corrected chi connectivity index (χ2v) is 4.50. The molecule has 0 aliphatic heterocycles. The Kier molecular flexibility index (Phi) is 5.77. The van der Waals surface area contributed by atoms with Gasteiger partial charge in [-0.2, -0.15) is 0 Å². The highest BCUT2D eigenvalue weighted by Crippen LogP contribution is 2.29. The Morgan fingerprint density at radius 2 is 1.73 bits per heavy atom. The summed E-state index contributed by atoms with van der Waals surface area (Å²) < 4.78 is 5.45. The fourth-order valence-corrected chi connectivity index (χ4v) is 2.06. The molecule has 0 aromatic heterocycles. The van der Waals surface area contributed by atoms with E-state index in [-0.39, 0.29) is 0 Å². The van der Waals surface area contributed by atoms with Crippen LogP contribution in [-0.2, 0) is 11.3 Å². The van der Waals surface area contributed by atoms with E-state index in [1.807, 2.05) is 0 Å². The molecule has 1 aromatic rings. The summed E-state index contributed by atoms with van der Waals surface area (Å²) in [7, 11) is 0. The normalized spacial score (nSPS) is 10.7. The van der Waals surface area contributed by atoms with Gasteiger partial charge in [-0.05, 0) is 18.6 Å². The number of benzene rings is 1. The van der Waals surface area contributed by atoms with Crippen molar-refractivity contribution >= 4 is 34.8 Å². The number of rotatable bonds is 5. The molecule has 1 aromatic carbocycles. The number of unbranched alkanes of at least 4 members (excludes halogenated alkanes) is 1. The van der Waals surface area contributed by atoms with E-state index in [0.717, 1.165) is 25.0 Å². The van der Waals surface area contributed by atoms with E-state index in [4.69, 9.17) is 39.5 Å². The van der Waals surface area contributed by atoms with Gasteiger partial charge < -0.3 is 4.74 Å². The van der Waals surface area contributed by atoms with Crippen molar-refractivity contribution < 1.29 is 4.74 Å². The van der Waals surface area contributed by atoms with Crippen LogP contribution in [0.3, 0.4) is 0 Å². The quantitative estimate of drug-likeness (QED) is 0.685. The Morgan fingerprint density at radius 3 is 2.27 bits per heavy atom. The number of ether oxygens (including phenoxy) is 1. The van der Waals surface area contributed by atoms with E-state index in [0.29, 0.717) is 21.7 Å². The smallest absolute Gasteiger partial charge is 0.0746 e. The van der Waals surface area contributed by atoms with Crippen LogP contribution in [0.5, 0.6) is 0 Å². The first-order valence-electron chi connectivity index (χ1n) is 4.86. The van der Waals surface area contributed by atoms with Gasteiger partial charge in [-0.25, -0.2) is 0 Å². The van der Waals surface area contributed by atoms with Crippen LogP contribution in [0, 0.1) is 0 Å². The molecule has 0 heterocycles. The van der Waals surface area contributed by atoms with Crippen molar-refractivity contribution in [3.8, 4) is 0 Å². The molecule has 0 amide bonds. The lowest BCUT2D eigenvalue weighted by Crippen LogP contribution is -1.96. The van der Waals surface area contributed by atoms with Gasteiger partial charge in [-0.15, -0.1) is 0 Å². The monoisotopic (exact) mass is 266 g/mol. The average Bonchev–Trinajstić information content (AvgIpc) is 2.15. The third kappa shape index (κ3) is 4.20. The molecule has 0 saturated heterocycles. The maximum Gasteiger partial charge on any atom is 0.0746 e. The minimum atomic E-state index is 0.439. The molecule has 0 spiro atoms. The SMILES string of the molecule is CCCCOCc1c(Cl)cc(Cl)cc1Cl. The summed E-state index contributed by atoms with van der Waals surface area (Å²) >= 11 is 17.8. The number of hydrogen-bond acceptors (Lipinski definition) is 1. The van der Waals surface area contributed by atoms with E-state index in [1.165, 1.54) is 0 Å². The van der Waals surface area contributed by atoms with E-state index in [1.54, 1.807) is 12.1 Å². The van der Waals surface area contributed by atoms with E-state index < -0.39 is 0 Å². The van der Waals surface area contributed by atoms with Crippen molar-refractivity contribution in [3.05, 3.63) is 32.8 Å². The lowest BCUT2D eigenvalue weighted by atomic mass is 10.2. The first kappa shape index (κ1) is 13.1. The molecule has 84 valence electrons. The van der Waals surface area contributed by atoms with Gasteiger partial charge in [0.05, 0.1) is 6.61 Å². The highest BCUT2D eigenvalue weighted by molar-refractivity contribution is 6.39. The molecule has 0 aliphatic rings. The summed E-state index contributed by atoms with van der Waals surface area (Å²) in [5.74, 6) is 0. The Morgan fingerprint density at radius 1 is 1.13 bits per heavy atom. The van der Waals surface area contributed by atoms with E-state index in [2.05, 4.69) is 6.92 Å². The van der Waals surface area contributed by atoms with Crippen LogP contribution >= 0.6 is 34.8 Å². The zero-order chi connectivity index (χ0) is 11.3. The predicted octanol–water partition coefficient (Wildman–Crippen LogP) is 4.96. The minimum Gasteiger partial charge on any atom is -0.377 e. The Hall–Kier alpha value is 0.0500. The first-order valence-corrected chi connectivity index (χ1v) is 5.99. The molecule has 0 saturated carbocycles. The Bertz CT molecular complexity index is 303. The summed E-state index contributed by atoms with van der Waals surface area (Å²) in [6.45, 7) is 3.28. The zero-order valence-corrected chi connectivity index (χ0v) is 10.8. The summed E-state index contributed by atoms with van der Waals surface area (Å²) in [5, 5.41) is 1.66. The van der Waals surface area contributed by atoms with E-state index >= 15 is 0 Å². The van der Waals surface area contributed by atoms with Gasteiger partial charge in [-0.1, -0.05) is 48.1 Å². The molecule has 0 fully saturated rings. The van der Waals surface area contributed by atoms with Gasteiger partial charge in [0.2, 0.25) is 0 Å². The fourth-order valence-electron chi connectivity index (χ4n) is 1.13. The number of halogens is 3. The molecular weight excluding hydrogens is 254 g/mol. The second-order valence-electron chi connectivity index (χ2n) is 3.25. The van der Waals surface area contributed by atoms with Crippen molar-refractivity contribution in [2.24, 2.45) is 0 Å². The van der Waals surface area contributed by atoms with Crippen LogP contribution in [0.25, 0.3) is 0 Å². The average molecular weight is 268 g/mol. The first-order chi connectivity index (χ1) is 7.15. The third-order valence-electron chi connectivity index (χ3n) is 1.99. The molecule has 0 bridgehead atoms. The predicted molar refractivity (Wildman–Crippen MR) is 66.0 cm³/mol. The standard InChI is InChI=1S/C11H13Cl3O/c1-2-3-4-15-7-9-10(13)5-8(12)6-11(9)14/h5-6H,2-4,7H2,1H3. The Labute approximate surface area is 105 Å². The molecule has 1 rings (SSSR count). The molecule has 0 N–H and O–H groups in total. The maximum absolute atomic E-state index is 6.00. The highest BCUT2D eigenvalue weighted by atomic mass is 35.5. The van der Waals surface area contributed by atoms with E-state index in [9.17, 15) is 0 Å². The molecule has 0 atom stereocenters. The topological polar surface area (TPSA) is 9.23 Å². The van der Waals surface area contributed by atoms with Crippen LogP contribution < -0.4 is 0 Å². The van der Waals surface area contributed by atoms with Crippen LogP contribution in [0.4, 0.5) is 0 Å². The van der Waals surface area contributed by atoms with Crippen molar-refractivity contribution in [1.29, 1.82) is 0 Å². The van der Waals surface area contributed by atoms with Crippen LogP contribution in [0.1, 0.15) is 25.3 Å². The van der Waals surface area contributed by atoms with Crippen LogP contribution in [0.15, 0.2) is 12.1 Å². The van der Waals surface area contributed by atoms with Gasteiger partial charge in [-0.3, -0.25) is 0 Å². The molecule has 1 nitrogen and oxygen atoms in total.